The number of hydrogen-bond acceptors (Lipinski definition) is 5. The number of carbonyl (C=O) groups excluding carboxylic acids is 2. The van der Waals surface area contributed by atoms with Crippen LogP contribution in [0.2, 0.25) is 0 Å². The number of furan rings is 1. The van der Waals surface area contributed by atoms with Crippen LogP contribution in [-0.2, 0) is 16.1 Å². The fourth-order valence-electron chi connectivity index (χ4n) is 3.04. The van der Waals surface area contributed by atoms with Gasteiger partial charge in [0, 0.05) is 45.2 Å². The lowest BCUT2D eigenvalue weighted by molar-refractivity contribution is -0.119. The summed E-state index contributed by atoms with van der Waals surface area (Å²) in [7, 11) is 5.38. The van der Waals surface area contributed by atoms with Gasteiger partial charge in [0.15, 0.2) is 5.76 Å². The van der Waals surface area contributed by atoms with Crippen molar-refractivity contribution < 1.29 is 18.7 Å². The second-order valence-electron chi connectivity index (χ2n) is 7.61. The molecule has 0 aliphatic heterocycles. The molecule has 0 bridgehead atoms. The lowest BCUT2D eigenvalue weighted by atomic mass is 10.0. The molecular formula is C22H31N3O4. The Morgan fingerprint density at radius 3 is 2.45 bits per heavy atom. The number of methoxy groups -OCH3 is 1. The molecule has 0 aliphatic rings. The molecule has 0 saturated heterocycles. The van der Waals surface area contributed by atoms with E-state index in [1.165, 1.54) is 13.4 Å². The minimum Gasteiger partial charge on any atom is -0.459 e. The Morgan fingerprint density at radius 1 is 1.17 bits per heavy atom. The maximum absolute atomic E-state index is 13.1. The summed E-state index contributed by atoms with van der Waals surface area (Å²) in [6.45, 7) is 6.58. The fourth-order valence-corrected chi connectivity index (χ4v) is 3.04. The number of benzene rings is 1. The highest BCUT2D eigenvalue weighted by atomic mass is 16.5. The van der Waals surface area contributed by atoms with Crippen molar-refractivity contribution >= 4 is 23.2 Å². The first-order valence-electron chi connectivity index (χ1n) is 9.68. The molecule has 0 unspecified atom stereocenters. The van der Waals surface area contributed by atoms with Gasteiger partial charge in [0.1, 0.15) is 6.61 Å². The van der Waals surface area contributed by atoms with E-state index >= 15 is 0 Å². The van der Waals surface area contributed by atoms with Crippen molar-refractivity contribution in [3.8, 4) is 0 Å². The predicted octanol–water partition coefficient (Wildman–Crippen LogP) is 3.62. The van der Waals surface area contributed by atoms with Crippen molar-refractivity contribution in [3.63, 3.8) is 0 Å². The van der Waals surface area contributed by atoms with Crippen LogP contribution < -0.4 is 10.2 Å². The number of carbonyl (C=O) groups is 2. The van der Waals surface area contributed by atoms with Crippen LogP contribution in [0.15, 0.2) is 41.0 Å². The molecule has 29 heavy (non-hydrogen) atoms. The van der Waals surface area contributed by atoms with Crippen LogP contribution in [0.1, 0.15) is 36.9 Å². The van der Waals surface area contributed by atoms with Crippen LogP contribution in [0, 0.1) is 5.92 Å². The van der Waals surface area contributed by atoms with Gasteiger partial charge in [0.25, 0.3) is 5.91 Å². The second kappa shape index (κ2) is 10.1. The Bertz CT molecular complexity index is 815. The van der Waals surface area contributed by atoms with E-state index in [0.29, 0.717) is 18.0 Å². The quantitative estimate of drug-likeness (QED) is 0.695. The number of anilines is 2. The molecule has 1 N–H and O–H groups in total. The van der Waals surface area contributed by atoms with Gasteiger partial charge in [-0.05, 0) is 48.7 Å². The van der Waals surface area contributed by atoms with Gasteiger partial charge in [0.2, 0.25) is 5.91 Å². The number of hydrogen-bond donors (Lipinski definition) is 1. The van der Waals surface area contributed by atoms with Crippen molar-refractivity contribution in [2.45, 2.75) is 33.4 Å². The SMILES string of the molecule is COCC(=O)Nc1ccc(N(C)C)c(CN(C(=O)c2ccco2)[C@@H](C)C(C)C)c1. The minimum absolute atomic E-state index is 0.00523. The van der Waals surface area contributed by atoms with Crippen LogP contribution in [0.4, 0.5) is 11.4 Å². The molecule has 1 heterocycles. The van der Waals surface area contributed by atoms with Crippen molar-refractivity contribution in [1.29, 1.82) is 0 Å². The van der Waals surface area contributed by atoms with E-state index in [1.807, 2.05) is 49.0 Å². The standard InChI is InChI=1S/C22H31N3O4/c1-15(2)16(3)25(22(27)20-8-7-11-29-20)13-17-12-18(23-21(26)14-28-6)9-10-19(17)24(4)5/h7-12,15-16H,13-14H2,1-6H3,(H,23,26)/t16-/m0/s1. The molecule has 1 aromatic heterocycles. The number of nitrogens with zero attached hydrogens (tertiary/aromatic N) is 2. The van der Waals surface area contributed by atoms with Crippen LogP contribution >= 0.6 is 0 Å². The van der Waals surface area contributed by atoms with Crippen LogP contribution in [0.3, 0.4) is 0 Å². The van der Waals surface area contributed by atoms with Gasteiger partial charge in [-0.2, -0.15) is 0 Å². The first-order valence-corrected chi connectivity index (χ1v) is 9.68. The van der Waals surface area contributed by atoms with E-state index in [2.05, 4.69) is 19.2 Å². The highest BCUT2D eigenvalue weighted by molar-refractivity contribution is 5.93. The molecule has 158 valence electrons. The van der Waals surface area contributed by atoms with Gasteiger partial charge < -0.3 is 24.3 Å². The lowest BCUT2D eigenvalue weighted by Crippen LogP contribution is -2.41. The first kappa shape index (κ1) is 22.5. The average molecular weight is 402 g/mol. The summed E-state index contributed by atoms with van der Waals surface area (Å²) in [5, 5.41) is 2.83. The molecular weight excluding hydrogens is 370 g/mol. The van der Waals surface area contributed by atoms with Crippen molar-refractivity contribution in [2.24, 2.45) is 5.92 Å². The Kier molecular flexibility index (Phi) is 7.84. The van der Waals surface area contributed by atoms with Crippen molar-refractivity contribution in [3.05, 3.63) is 47.9 Å². The summed E-state index contributed by atoms with van der Waals surface area (Å²) >= 11 is 0. The van der Waals surface area contributed by atoms with Crippen molar-refractivity contribution in [2.75, 3.05) is 38.0 Å². The molecule has 2 rings (SSSR count). The molecule has 7 heteroatoms. The fraction of sp³-hybridized carbons (Fsp3) is 0.455. The molecule has 0 fully saturated rings. The molecule has 1 aromatic carbocycles. The van der Waals surface area contributed by atoms with Gasteiger partial charge in [-0.15, -0.1) is 0 Å². The largest absolute Gasteiger partial charge is 0.459 e. The highest BCUT2D eigenvalue weighted by Crippen LogP contribution is 2.27. The normalized spacial score (nSPS) is 12.0. The zero-order chi connectivity index (χ0) is 21.6. The summed E-state index contributed by atoms with van der Waals surface area (Å²) in [6.07, 6.45) is 1.50. The molecule has 2 amide bonds. The molecule has 0 aliphatic carbocycles. The number of rotatable bonds is 9. The second-order valence-corrected chi connectivity index (χ2v) is 7.61. The lowest BCUT2D eigenvalue weighted by Gasteiger charge is -2.32. The summed E-state index contributed by atoms with van der Waals surface area (Å²) in [5.41, 5.74) is 2.57. The minimum atomic E-state index is -0.227. The molecule has 0 spiro atoms. The van der Waals surface area contributed by atoms with Crippen LogP contribution in [0.5, 0.6) is 0 Å². The topological polar surface area (TPSA) is 75.0 Å². The smallest absolute Gasteiger partial charge is 0.290 e. The van der Waals surface area contributed by atoms with E-state index in [4.69, 9.17) is 9.15 Å². The predicted molar refractivity (Wildman–Crippen MR) is 114 cm³/mol. The van der Waals surface area contributed by atoms with E-state index in [0.717, 1.165) is 11.3 Å². The Labute approximate surface area is 172 Å². The Morgan fingerprint density at radius 2 is 1.90 bits per heavy atom. The summed E-state index contributed by atoms with van der Waals surface area (Å²) in [6, 6.07) is 9.07. The molecule has 0 saturated carbocycles. The van der Waals surface area contributed by atoms with Gasteiger partial charge in [-0.1, -0.05) is 13.8 Å². The third-order valence-electron chi connectivity index (χ3n) is 4.91. The summed E-state index contributed by atoms with van der Waals surface area (Å²) < 4.78 is 10.2. The van der Waals surface area contributed by atoms with Gasteiger partial charge in [0.05, 0.1) is 6.26 Å². The van der Waals surface area contributed by atoms with Gasteiger partial charge >= 0.3 is 0 Å². The van der Waals surface area contributed by atoms with Gasteiger partial charge in [-0.3, -0.25) is 9.59 Å². The Balaban J connectivity index is 2.39. The van der Waals surface area contributed by atoms with Crippen LogP contribution in [0.25, 0.3) is 0 Å². The van der Waals surface area contributed by atoms with Crippen molar-refractivity contribution in [1.82, 2.24) is 4.90 Å². The zero-order valence-corrected chi connectivity index (χ0v) is 18.1. The number of nitrogens with one attached hydrogen (secondary N) is 1. The number of ether oxygens (including phenoxy) is 1. The summed E-state index contributed by atoms with van der Waals surface area (Å²) in [4.78, 5) is 28.8. The third kappa shape index (κ3) is 5.84. The maximum atomic E-state index is 13.1. The maximum Gasteiger partial charge on any atom is 0.290 e. The highest BCUT2D eigenvalue weighted by Gasteiger charge is 2.26. The van der Waals surface area contributed by atoms with E-state index in [1.54, 1.807) is 12.1 Å². The van der Waals surface area contributed by atoms with E-state index < -0.39 is 0 Å². The molecule has 2 aromatic rings. The summed E-state index contributed by atoms with van der Waals surface area (Å²) in [5.74, 6) is 0.194. The van der Waals surface area contributed by atoms with E-state index in [9.17, 15) is 9.59 Å². The van der Waals surface area contributed by atoms with E-state index in [-0.39, 0.29) is 30.4 Å². The van der Waals surface area contributed by atoms with Gasteiger partial charge in [-0.25, -0.2) is 0 Å². The Hall–Kier alpha value is -2.80. The number of amides is 2. The first-order chi connectivity index (χ1) is 13.7. The molecule has 7 nitrogen and oxygen atoms in total. The molecule has 0 radical (unpaired) electrons. The average Bonchev–Trinajstić information content (AvgIpc) is 3.19. The molecule has 1 atom stereocenters. The zero-order valence-electron chi connectivity index (χ0n) is 18.1. The third-order valence-corrected chi connectivity index (χ3v) is 4.91. The van der Waals surface area contributed by atoms with Crippen LogP contribution in [-0.4, -0.2) is 50.6 Å². The monoisotopic (exact) mass is 401 g/mol.